The quantitative estimate of drug-likeness (QED) is 0.745. The van der Waals surface area contributed by atoms with Crippen molar-refractivity contribution in [2.45, 2.75) is 45.1 Å². The van der Waals surface area contributed by atoms with Gasteiger partial charge in [0.05, 0.1) is 12.6 Å². The monoisotopic (exact) mass is 240 g/mol. The van der Waals surface area contributed by atoms with Crippen molar-refractivity contribution in [3.8, 4) is 0 Å². The Bertz CT molecular complexity index is 277. The molecule has 0 aromatic carbocycles. The summed E-state index contributed by atoms with van der Waals surface area (Å²) in [6, 6.07) is 0.0586. The topological polar surface area (TPSA) is 52.6 Å². The molecular formula is C13H24N2O2. The number of nitrogens with one attached hydrogen (secondary N) is 1. The minimum absolute atomic E-state index is 0.0152. The molecule has 98 valence electrons. The van der Waals surface area contributed by atoms with E-state index >= 15 is 0 Å². The van der Waals surface area contributed by atoms with Gasteiger partial charge < -0.3 is 10.4 Å². The summed E-state index contributed by atoms with van der Waals surface area (Å²) in [7, 11) is 0. The highest BCUT2D eigenvalue weighted by Crippen LogP contribution is 2.44. The second-order valence-corrected chi connectivity index (χ2v) is 5.52. The minimum atomic E-state index is 0.0152. The van der Waals surface area contributed by atoms with Crippen LogP contribution in [0.2, 0.25) is 0 Å². The number of hydrogen-bond acceptors (Lipinski definition) is 3. The molecule has 0 aromatic heterocycles. The van der Waals surface area contributed by atoms with Crippen molar-refractivity contribution in [2.75, 3.05) is 26.2 Å². The van der Waals surface area contributed by atoms with Crippen molar-refractivity contribution < 1.29 is 9.90 Å². The lowest BCUT2D eigenvalue weighted by Gasteiger charge is -2.34. The van der Waals surface area contributed by atoms with Gasteiger partial charge in [-0.05, 0) is 38.8 Å². The Morgan fingerprint density at radius 3 is 2.82 bits per heavy atom. The number of hydrogen-bond donors (Lipinski definition) is 2. The van der Waals surface area contributed by atoms with Crippen LogP contribution in [0.25, 0.3) is 0 Å². The summed E-state index contributed by atoms with van der Waals surface area (Å²) in [6.07, 6.45) is 5.43. The number of likely N-dealkylation sites (N-methyl/N-ethyl adjacent to an activating group) is 1. The molecule has 1 saturated carbocycles. The first-order valence-electron chi connectivity index (χ1n) is 6.83. The molecule has 1 unspecified atom stereocenters. The number of piperidine rings is 1. The standard InChI is InChI=1S/C13H24N2O2/c1-2-15-8-4-3-5-11(15)12(17)14-9-13(10-16)6-7-13/h11,16H,2-10H2,1H3,(H,14,17). The SMILES string of the molecule is CCN1CCCCC1C(=O)NCC1(CO)CC1. The Morgan fingerprint density at radius 2 is 2.24 bits per heavy atom. The lowest BCUT2D eigenvalue weighted by Crippen LogP contribution is -2.50. The van der Waals surface area contributed by atoms with Crippen LogP contribution in [-0.2, 0) is 4.79 Å². The summed E-state index contributed by atoms with van der Waals surface area (Å²) in [5, 5.41) is 12.2. The summed E-state index contributed by atoms with van der Waals surface area (Å²) < 4.78 is 0. The summed E-state index contributed by atoms with van der Waals surface area (Å²) in [6.45, 7) is 4.95. The van der Waals surface area contributed by atoms with E-state index in [4.69, 9.17) is 0 Å². The molecule has 0 bridgehead atoms. The highest BCUT2D eigenvalue weighted by Gasteiger charge is 2.42. The highest BCUT2D eigenvalue weighted by atomic mass is 16.3. The van der Waals surface area contributed by atoms with Crippen LogP contribution in [0.4, 0.5) is 0 Å². The van der Waals surface area contributed by atoms with Crippen LogP contribution in [-0.4, -0.2) is 48.2 Å². The summed E-state index contributed by atoms with van der Waals surface area (Å²) in [4.78, 5) is 14.4. The zero-order chi connectivity index (χ0) is 12.3. The van der Waals surface area contributed by atoms with E-state index in [2.05, 4.69) is 17.1 Å². The second-order valence-electron chi connectivity index (χ2n) is 5.52. The van der Waals surface area contributed by atoms with Gasteiger partial charge in [0, 0.05) is 12.0 Å². The van der Waals surface area contributed by atoms with Crippen molar-refractivity contribution in [1.29, 1.82) is 0 Å². The van der Waals surface area contributed by atoms with Gasteiger partial charge in [-0.1, -0.05) is 13.3 Å². The Hall–Kier alpha value is -0.610. The molecule has 2 fully saturated rings. The number of carbonyl (C=O) groups excluding carboxylic acids is 1. The molecule has 1 saturated heterocycles. The molecular weight excluding hydrogens is 216 g/mol. The first-order chi connectivity index (χ1) is 8.21. The molecule has 1 aliphatic carbocycles. The van der Waals surface area contributed by atoms with E-state index in [1.165, 1.54) is 6.42 Å². The molecule has 4 heteroatoms. The number of aliphatic hydroxyl groups is 1. The zero-order valence-electron chi connectivity index (χ0n) is 10.7. The van der Waals surface area contributed by atoms with E-state index in [9.17, 15) is 9.90 Å². The third-order valence-electron chi connectivity index (χ3n) is 4.25. The fourth-order valence-corrected chi connectivity index (χ4v) is 2.63. The fourth-order valence-electron chi connectivity index (χ4n) is 2.63. The average molecular weight is 240 g/mol. The molecule has 1 amide bonds. The molecule has 2 rings (SSSR count). The lowest BCUT2D eigenvalue weighted by molar-refractivity contribution is -0.127. The van der Waals surface area contributed by atoms with Gasteiger partial charge >= 0.3 is 0 Å². The third kappa shape index (κ3) is 2.99. The van der Waals surface area contributed by atoms with Crippen molar-refractivity contribution in [1.82, 2.24) is 10.2 Å². The summed E-state index contributed by atoms with van der Waals surface area (Å²) >= 11 is 0. The Labute approximate surface area is 103 Å². The van der Waals surface area contributed by atoms with Crippen molar-refractivity contribution >= 4 is 5.91 Å². The van der Waals surface area contributed by atoms with E-state index < -0.39 is 0 Å². The van der Waals surface area contributed by atoms with Crippen LogP contribution in [0.1, 0.15) is 39.0 Å². The van der Waals surface area contributed by atoms with Gasteiger partial charge in [-0.3, -0.25) is 9.69 Å². The van der Waals surface area contributed by atoms with Crippen LogP contribution in [0.3, 0.4) is 0 Å². The van der Waals surface area contributed by atoms with Crippen molar-refractivity contribution in [2.24, 2.45) is 5.41 Å². The van der Waals surface area contributed by atoms with Gasteiger partial charge in [0.1, 0.15) is 0 Å². The van der Waals surface area contributed by atoms with Crippen molar-refractivity contribution in [3.05, 3.63) is 0 Å². The number of amides is 1. The third-order valence-corrected chi connectivity index (χ3v) is 4.25. The Kier molecular flexibility index (Phi) is 4.05. The number of rotatable bonds is 5. The number of likely N-dealkylation sites (tertiary alicyclic amines) is 1. The first-order valence-corrected chi connectivity index (χ1v) is 6.83. The number of carbonyl (C=O) groups is 1. The molecule has 0 spiro atoms. The van der Waals surface area contributed by atoms with Crippen LogP contribution in [0, 0.1) is 5.41 Å². The first kappa shape index (κ1) is 12.8. The highest BCUT2D eigenvalue weighted by molar-refractivity contribution is 5.81. The predicted octanol–water partition coefficient (Wildman–Crippen LogP) is 0.749. The van der Waals surface area contributed by atoms with Gasteiger partial charge in [0.2, 0.25) is 5.91 Å². The summed E-state index contributed by atoms with van der Waals surface area (Å²) in [5.41, 5.74) is 0.0152. The van der Waals surface area contributed by atoms with E-state index in [1.807, 2.05) is 0 Å². The number of nitrogens with zero attached hydrogens (tertiary/aromatic N) is 1. The molecule has 0 aromatic rings. The smallest absolute Gasteiger partial charge is 0.237 e. The molecule has 2 aliphatic rings. The Morgan fingerprint density at radius 1 is 1.47 bits per heavy atom. The second kappa shape index (κ2) is 5.36. The molecule has 17 heavy (non-hydrogen) atoms. The largest absolute Gasteiger partial charge is 0.396 e. The molecule has 2 N–H and O–H groups in total. The van der Waals surface area contributed by atoms with Crippen molar-refractivity contribution in [3.63, 3.8) is 0 Å². The maximum Gasteiger partial charge on any atom is 0.237 e. The van der Waals surface area contributed by atoms with Gasteiger partial charge in [0.15, 0.2) is 0 Å². The lowest BCUT2D eigenvalue weighted by atomic mass is 10.0. The van der Waals surface area contributed by atoms with Crippen LogP contribution in [0.5, 0.6) is 0 Å². The molecule has 1 heterocycles. The normalized spacial score (nSPS) is 27.8. The van der Waals surface area contributed by atoms with Crippen LogP contribution < -0.4 is 5.32 Å². The predicted molar refractivity (Wildman–Crippen MR) is 66.6 cm³/mol. The van der Waals surface area contributed by atoms with E-state index in [-0.39, 0.29) is 24.0 Å². The van der Waals surface area contributed by atoms with Gasteiger partial charge in [-0.15, -0.1) is 0 Å². The van der Waals surface area contributed by atoms with Crippen LogP contribution >= 0.6 is 0 Å². The Balaban J connectivity index is 1.81. The molecule has 0 radical (unpaired) electrons. The van der Waals surface area contributed by atoms with Crippen LogP contribution in [0.15, 0.2) is 0 Å². The summed E-state index contributed by atoms with van der Waals surface area (Å²) in [5.74, 6) is 0.159. The fraction of sp³-hybridized carbons (Fsp3) is 0.923. The average Bonchev–Trinajstić information content (AvgIpc) is 3.16. The molecule has 4 nitrogen and oxygen atoms in total. The maximum atomic E-state index is 12.1. The van der Waals surface area contributed by atoms with E-state index in [0.717, 1.165) is 38.8 Å². The molecule has 1 atom stereocenters. The maximum absolute atomic E-state index is 12.1. The zero-order valence-corrected chi connectivity index (χ0v) is 10.7. The minimum Gasteiger partial charge on any atom is -0.396 e. The van der Waals surface area contributed by atoms with Gasteiger partial charge in [0.25, 0.3) is 0 Å². The number of aliphatic hydroxyl groups excluding tert-OH is 1. The van der Waals surface area contributed by atoms with Gasteiger partial charge in [-0.25, -0.2) is 0 Å². The molecule has 1 aliphatic heterocycles. The van der Waals surface area contributed by atoms with E-state index in [1.54, 1.807) is 0 Å². The van der Waals surface area contributed by atoms with Gasteiger partial charge in [-0.2, -0.15) is 0 Å². The van der Waals surface area contributed by atoms with E-state index in [0.29, 0.717) is 6.54 Å².